The summed E-state index contributed by atoms with van der Waals surface area (Å²) in [6.45, 7) is 12.9. The summed E-state index contributed by atoms with van der Waals surface area (Å²) >= 11 is 0. The van der Waals surface area contributed by atoms with Gasteiger partial charge in [0.15, 0.2) is 8.32 Å². The molecule has 2 aliphatic heterocycles. The molecule has 0 aromatic heterocycles. The van der Waals surface area contributed by atoms with Crippen molar-refractivity contribution in [3.8, 4) is 0 Å². The predicted octanol–water partition coefficient (Wildman–Crippen LogP) is 4.04. The average molecular weight is 455 g/mol. The molecule has 2 fully saturated rings. The third kappa shape index (κ3) is 3.75. The Bertz CT molecular complexity index is 966. The number of rotatable bonds is 5. The second-order valence-electron chi connectivity index (χ2n) is 10.9. The molecule has 7 heteroatoms. The number of allylic oxidation sites excluding steroid dienone is 1. The van der Waals surface area contributed by atoms with E-state index < -0.39 is 8.32 Å². The number of amides is 3. The number of benzene rings is 1. The average Bonchev–Trinajstić information content (AvgIpc) is 2.95. The zero-order chi connectivity index (χ0) is 23.4. The third-order valence-electron chi connectivity index (χ3n) is 7.82. The monoisotopic (exact) mass is 454 g/mol. The molecule has 0 bridgehead atoms. The third-order valence-corrected chi connectivity index (χ3v) is 12.4. The van der Waals surface area contributed by atoms with E-state index in [2.05, 4.69) is 45.3 Å². The zero-order valence-corrected chi connectivity index (χ0v) is 20.8. The van der Waals surface area contributed by atoms with E-state index in [9.17, 15) is 14.4 Å². The minimum Gasteiger partial charge on any atom is -0.413 e. The molecule has 0 saturated carbocycles. The first kappa shape index (κ1) is 22.9. The van der Waals surface area contributed by atoms with Gasteiger partial charge in [0.25, 0.3) is 0 Å². The molecule has 0 spiro atoms. The highest BCUT2D eigenvalue weighted by Gasteiger charge is 2.53. The number of carbonyl (C=O) groups is 3. The molecule has 1 aromatic rings. The van der Waals surface area contributed by atoms with Crippen LogP contribution in [0.15, 0.2) is 42.0 Å². The molecule has 2 saturated heterocycles. The van der Waals surface area contributed by atoms with Gasteiger partial charge in [-0.1, -0.05) is 50.6 Å². The molecule has 172 valence electrons. The normalized spacial score (nSPS) is 29.2. The van der Waals surface area contributed by atoms with Crippen molar-refractivity contribution in [1.82, 2.24) is 5.32 Å². The summed E-state index contributed by atoms with van der Waals surface area (Å²) in [6.07, 6.45) is 2.91. The van der Waals surface area contributed by atoms with E-state index in [1.165, 1.54) is 4.90 Å². The fourth-order valence-corrected chi connectivity index (χ4v) is 6.33. The van der Waals surface area contributed by atoms with Crippen molar-refractivity contribution in [1.29, 1.82) is 0 Å². The Labute approximate surface area is 191 Å². The smallest absolute Gasteiger partial charge is 0.238 e. The molecule has 5 atom stereocenters. The van der Waals surface area contributed by atoms with Crippen LogP contribution in [0.4, 0.5) is 5.69 Å². The van der Waals surface area contributed by atoms with Crippen LogP contribution < -0.4 is 10.2 Å². The summed E-state index contributed by atoms with van der Waals surface area (Å²) in [4.78, 5) is 40.0. The maximum absolute atomic E-state index is 13.2. The van der Waals surface area contributed by atoms with Crippen LogP contribution in [0.1, 0.15) is 40.5 Å². The SMILES string of the molecule is CC(O[Si](C)(C)C(C)(C)C)[C@H]1C(=O)N[C@@H]1C1=CCC2C(=O)N(c3ccccc3)C(=O)C2C1. The molecular weight excluding hydrogens is 420 g/mol. The quantitative estimate of drug-likeness (QED) is 0.315. The summed E-state index contributed by atoms with van der Waals surface area (Å²) in [5.41, 5.74) is 1.68. The van der Waals surface area contributed by atoms with Gasteiger partial charge in [0, 0.05) is 0 Å². The molecule has 6 nitrogen and oxygen atoms in total. The highest BCUT2D eigenvalue weighted by atomic mass is 28.4. The minimum absolute atomic E-state index is 0.00368. The molecule has 3 unspecified atom stereocenters. The molecule has 3 amide bonds. The largest absolute Gasteiger partial charge is 0.413 e. The number of para-hydroxylation sites is 1. The minimum atomic E-state index is -2.01. The van der Waals surface area contributed by atoms with Crippen LogP contribution in [-0.2, 0) is 18.8 Å². The molecule has 3 aliphatic rings. The Kier molecular flexibility index (Phi) is 5.70. The number of hydrogen-bond donors (Lipinski definition) is 1. The molecule has 1 aromatic carbocycles. The van der Waals surface area contributed by atoms with E-state index in [4.69, 9.17) is 4.43 Å². The topological polar surface area (TPSA) is 75.7 Å². The van der Waals surface area contributed by atoms with E-state index >= 15 is 0 Å². The molecule has 4 rings (SSSR count). The Morgan fingerprint density at radius 1 is 1.06 bits per heavy atom. The van der Waals surface area contributed by atoms with Crippen LogP contribution in [0.25, 0.3) is 0 Å². The van der Waals surface area contributed by atoms with Gasteiger partial charge in [-0.05, 0) is 50.0 Å². The van der Waals surface area contributed by atoms with Gasteiger partial charge in [-0.15, -0.1) is 0 Å². The van der Waals surface area contributed by atoms with Crippen molar-refractivity contribution in [2.75, 3.05) is 4.90 Å². The summed E-state index contributed by atoms with van der Waals surface area (Å²) in [5, 5.41) is 3.10. The lowest BCUT2D eigenvalue weighted by Crippen LogP contribution is -2.64. The van der Waals surface area contributed by atoms with E-state index in [1.807, 2.05) is 25.1 Å². The number of carbonyl (C=O) groups excluding carboxylic acids is 3. The number of anilines is 1. The lowest BCUT2D eigenvalue weighted by molar-refractivity contribution is -0.138. The van der Waals surface area contributed by atoms with Crippen molar-refractivity contribution in [3.05, 3.63) is 42.0 Å². The van der Waals surface area contributed by atoms with Gasteiger partial charge in [0.05, 0.1) is 35.6 Å². The molecular formula is C25H34N2O4Si. The van der Waals surface area contributed by atoms with Gasteiger partial charge in [0.1, 0.15) is 0 Å². The molecule has 32 heavy (non-hydrogen) atoms. The van der Waals surface area contributed by atoms with Gasteiger partial charge in [0.2, 0.25) is 17.7 Å². The second-order valence-corrected chi connectivity index (χ2v) is 15.6. The van der Waals surface area contributed by atoms with Crippen LogP contribution >= 0.6 is 0 Å². The fraction of sp³-hybridized carbons (Fsp3) is 0.560. The van der Waals surface area contributed by atoms with E-state index in [0.29, 0.717) is 18.5 Å². The Morgan fingerprint density at radius 3 is 2.28 bits per heavy atom. The number of fused-ring (bicyclic) bond motifs is 1. The van der Waals surface area contributed by atoms with Gasteiger partial charge < -0.3 is 9.74 Å². The summed E-state index contributed by atoms with van der Waals surface area (Å²) < 4.78 is 6.52. The summed E-state index contributed by atoms with van der Waals surface area (Å²) in [6, 6.07) is 9.00. The molecule has 1 N–H and O–H groups in total. The lowest BCUT2D eigenvalue weighted by atomic mass is 9.73. The van der Waals surface area contributed by atoms with Crippen molar-refractivity contribution >= 4 is 31.7 Å². The van der Waals surface area contributed by atoms with Gasteiger partial charge in [-0.3, -0.25) is 19.3 Å². The molecule has 0 radical (unpaired) electrons. The van der Waals surface area contributed by atoms with Crippen LogP contribution in [0.2, 0.25) is 18.1 Å². The van der Waals surface area contributed by atoms with Gasteiger partial charge >= 0.3 is 0 Å². The van der Waals surface area contributed by atoms with E-state index in [0.717, 1.165) is 5.57 Å². The first-order chi connectivity index (χ1) is 14.9. The molecule has 2 heterocycles. The maximum Gasteiger partial charge on any atom is 0.238 e. The second kappa shape index (κ2) is 7.95. The Hall–Kier alpha value is -2.25. The number of hydrogen-bond acceptors (Lipinski definition) is 4. The first-order valence-corrected chi connectivity index (χ1v) is 14.4. The van der Waals surface area contributed by atoms with Crippen molar-refractivity contribution in [2.45, 2.75) is 70.8 Å². The van der Waals surface area contributed by atoms with Crippen LogP contribution in [0.3, 0.4) is 0 Å². The Morgan fingerprint density at radius 2 is 1.69 bits per heavy atom. The highest BCUT2D eigenvalue weighted by Crippen LogP contribution is 2.44. The Balaban J connectivity index is 1.49. The molecule has 1 aliphatic carbocycles. The summed E-state index contributed by atoms with van der Waals surface area (Å²) in [5.74, 6) is -1.19. The van der Waals surface area contributed by atoms with Crippen LogP contribution in [0, 0.1) is 17.8 Å². The predicted molar refractivity (Wildman–Crippen MR) is 126 cm³/mol. The van der Waals surface area contributed by atoms with E-state index in [-0.39, 0.29) is 52.7 Å². The van der Waals surface area contributed by atoms with Crippen LogP contribution in [0.5, 0.6) is 0 Å². The summed E-state index contributed by atoms with van der Waals surface area (Å²) in [7, 11) is -2.01. The van der Waals surface area contributed by atoms with Crippen molar-refractivity contribution < 1.29 is 18.8 Å². The zero-order valence-electron chi connectivity index (χ0n) is 19.8. The number of β-lactam (4-membered cyclic amide) rings is 1. The lowest BCUT2D eigenvalue weighted by Gasteiger charge is -2.46. The van der Waals surface area contributed by atoms with E-state index in [1.54, 1.807) is 12.1 Å². The van der Waals surface area contributed by atoms with Crippen molar-refractivity contribution in [2.24, 2.45) is 17.8 Å². The first-order valence-electron chi connectivity index (χ1n) is 11.5. The maximum atomic E-state index is 13.2. The van der Waals surface area contributed by atoms with Gasteiger partial charge in [-0.25, -0.2) is 0 Å². The van der Waals surface area contributed by atoms with Crippen molar-refractivity contribution in [3.63, 3.8) is 0 Å². The van der Waals surface area contributed by atoms with Gasteiger partial charge in [-0.2, -0.15) is 0 Å². The standard InChI is InChI=1S/C25H34N2O4Si/c1-15(31-32(5,6)25(2,3)4)20-21(26-22(20)28)16-12-13-18-19(14-16)24(30)27(23(18)29)17-10-8-7-9-11-17/h7-12,15,18-21H,13-14H2,1-6H3,(H,26,28)/t15?,18?,19?,20-,21-/m1/s1. The number of nitrogens with one attached hydrogen (secondary N) is 1. The highest BCUT2D eigenvalue weighted by molar-refractivity contribution is 6.74. The fourth-order valence-electron chi connectivity index (χ4n) is 4.90. The van der Waals surface area contributed by atoms with Crippen LogP contribution in [-0.4, -0.2) is 38.2 Å². The number of nitrogens with zero attached hydrogens (tertiary/aromatic N) is 1. The number of imide groups is 1.